The molecule has 0 aliphatic rings. The zero-order chi connectivity index (χ0) is 36.9. The van der Waals surface area contributed by atoms with Crippen LogP contribution in [0.15, 0.2) is 35.3 Å². The van der Waals surface area contributed by atoms with Gasteiger partial charge in [-0.1, -0.05) is 44.2 Å². The summed E-state index contributed by atoms with van der Waals surface area (Å²) in [6.07, 6.45) is 1.17. The molecule has 5 atom stereocenters. The van der Waals surface area contributed by atoms with E-state index < -0.39 is 71.9 Å². The molecular formula is C33H54N8O8. The number of amides is 3. The second-order valence-corrected chi connectivity index (χ2v) is 12.0. The zero-order valence-corrected chi connectivity index (χ0v) is 28.9. The van der Waals surface area contributed by atoms with E-state index >= 15 is 0 Å². The number of carbonyl (C=O) groups excluding carboxylic acids is 6. The van der Waals surface area contributed by atoms with Crippen molar-refractivity contribution in [1.29, 1.82) is 0 Å². The van der Waals surface area contributed by atoms with Crippen LogP contribution in [0.25, 0.3) is 0 Å². The van der Waals surface area contributed by atoms with E-state index in [1.54, 1.807) is 38.1 Å². The lowest BCUT2D eigenvalue weighted by Crippen LogP contribution is -2.55. The Morgan fingerprint density at radius 2 is 1.41 bits per heavy atom. The number of hydrogen-bond donors (Lipinski definition) is 7. The molecule has 1 aromatic rings. The molecule has 16 nitrogen and oxygen atoms in total. The van der Waals surface area contributed by atoms with Crippen molar-refractivity contribution in [1.82, 2.24) is 16.0 Å². The van der Waals surface area contributed by atoms with E-state index in [1.165, 1.54) is 7.11 Å². The molecular weight excluding hydrogens is 636 g/mol. The van der Waals surface area contributed by atoms with Gasteiger partial charge in [0, 0.05) is 25.3 Å². The fourth-order valence-corrected chi connectivity index (χ4v) is 4.91. The number of carbonyl (C=O) groups is 6. The lowest BCUT2D eigenvalue weighted by Gasteiger charge is -2.26. The molecule has 0 heterocycles. The standard InChI is InChI=1S/C33H54N8O8/c1-20(2)22(29(44)41-26(32(47)49-4)17-21-11-6-5-7-12-21)18-27(42)25(19-28(43)48-3)40-31(46)24(14-8-9-15-34)39-30(45)23(35)13-10-16-38-33(36)37/h5-7,11-12,20,22-26H,8-10,13-19,34-35H2,1-4H3,(H,39,45)(H,40,46)(H,41,44)(H4,36,37,38)/t22?,23-,24-,25?,26?/m0/s1. The van der Waals surface area contributed by atoms with Crippen LogP contribution in [-0.2, 0) is 44.7 Å². The van der Waals surface area contributed by atoms with E-state index in [0.717, 1.165) is 12.7 Å². The number of aliphatic imine (C=N–C) groups is 1. The Morgan fingerprint density at radius 1 is 0.776 bits per heavy atom. The molecule has 0 radical (unpaired) electrons. The minimum atomic E-state index is -1.38. The maximum Gasteiger partial charge on any atom is 0.328 e. The van der Waals surface area contributed by atoms with Crippen LogP contribution in [0.3, 0.4) is 0 Å². The van der Waals surface area contributed by atoms with Gasteiger partial charge in [-0.2, -0.15) is 0 Å². The number of esters is 2. The summed E-state index contributed by atoms with van der Waals surface area (Å²) in [4.78, 5) is 82.3. The number of hydrogen-bond acceptors (Lipinski definition) is 11. The number of benzene rings is 1. The van der Waals surface area contributed by atoms with Gasteiger partial charge >= 0.3 is 11.9 Å². The minimum absolute atomic E-state index is 0.0838. The fourth-order valence-electron chi connectivity index (χ4n) is 4.91. The molecule has 11 N–H and O–H groups in total. The number of unbranched alkanes of at least 4 members (excludes halogenated alkanes) is 1. The first-order valence-electron chi connectivity index (χ1n) is 16.4. The van der Waals surface area contributed by atoms with Gasteiger partial charge in [0.05, 0.1) is 32.7 Å². The number of ether oxygens (including phenoxy) is 2. The average Bonchev–Trinajstić information content (AvgIpc) is 3.07. The maximum atomic E-state index is 13.7. The third-order valence-electron chi connectivity index (χ3n) is 7.84. The molecule has 0 aromatic heterocycles. The highest BCUT2D eigenvalue weighted by Crippen LogP contribution is 2.19. The molecule has 16 heteroatoms. The Kier molecular flexibility index (Phi) is 19.8. The van der Waals surface area contributed by atoms with Crippen molar-refractivity contribution < 1.29 is 38.2 Å². The number of nitrogens with zero attached hydrogens (tertiary/aromatic N) is 1. The molecule has 1 aromatic carbocycles. The highest BCUT2D eigenvalue weighted by atomic mass is 16.5. The first-order valence-corrected chi connectivity index (χ1v) is 16.4. The molecule has 3 amide bonds. The number of methoxy groups -OCH3 is 2. The van der Waals surface area contributed by atoms with Crippen molar-refractivity contribution in [2.45, 2.75) is 89.4 Å². The summed E-state index contributed by atoms with van der Waals surface area (Å²) in [6.45, 7) is 4.10. The number of rotatable bonds is 23. The van der Waals surface area contributed by atoms with E-state index in [2.05, 4.69) is 20.9 Å². The summed E-state index contributed by atoms with van der Waals surface area (Å²) in [7, 11) is 2.35. The third-order valence-corrected chi connectivity index (χ3v) is 7.84. The van der Waals surface area contributed by atoms with Crippen molar-refractivity contribution in [3.05, 3.63) is 35.9 Å². The van der Waals surface area contributed by atoms with Gasteiger partial charge in [-0.25, -0.2) is 4.79 Å². The van der Waals surface area contributed by atoms with Crippen molar-refractivity contribution >= 4 is 41.4 Å². The van der Waals surface area contributed by atoms with Crippen molar-refractivity contribution in [3.63, 3.8) is 0 Å². The Labute approximate surface area is 287 Å². The van der Waals surface area contributed by atoms with Gasteiger partial charge in [0.2, 0.25) is 17.7 Å². The predicted molar refractivity (Wildman–Crippen MR) is 183 cm³/mol. The molecule has 0 saturated heterocycles. The SMILES string of the molecule is COC(=O)CC(NC(=O)[C@H](CCCCN)NC(=O)[C@@H](N)CCCN=C(N)N)C(=O)CC(C(=O)NC(Cc1ccccc1)C(=O)OC)C(C)C. The van der Waals surface area contributed by atoms with E-state index in [4.69, 9.17) is 32.4 Å². The minimum Gasteiger partial charge on any atom is -0.469 e. The highest BCUT2D eigenvalue weighted by Gasteiger charge is 2.34. The van der Waals surface area contributed by atoms with Crippen LogP contribution in [0.1, 0.15) is 64.4 Å². The summed E-state index contributed by atoms with van der Waals surface area (Å²) in [5.74, 6) is -5.32. The van der Waals surface area contributed by atoms with Gasteiger partial charge in [-0.15, -0.1) is 0 Å². The Balaban J connectivity index is 3.14. The number of guanidine groups is 1. The Bertz CT molecular complexity index is 1260. The molecule has 1 rings (SSSR count). The van der Waals surface area contributed by atoms with Crippen LogP contribution >= 0.6 is 0 Å². The average molecular weight is 691 g/mol. The van der Waals surface area contributed by atoms with Gasteiger partial charge in [-0.05, 0) is 50.1 Å². The summed E-state index contributed by atoms with van der Waals surface area (Å²) < 4.78 is 9.66. The van der Waals surface area contributed by atoms with Crippen LogP contribution < -0.4 is 38.9 Å². The molecule has 274 valence electrons. The summed E-state index contributed by atoms with van der Waals surface area (Å²) in [5, 5.41) is 7.91. The van der Waals surface area contributed by atoms with Crippen LogP contribution in [0, 0.1) is 11.8 Å². The van der Waals surface area contributed by atoms with Gasteiger partial charge in [0.15, 0.2) is 11.7 Å². The third kappa shape index (κ3) is 16.4. The lowest BCUT2D eigenvalue weighted by atomic mass is 9.87. The molecule has 3 unspecified atom stereocenters. The molecule has 0 saturated carbocycles. The van der Waals surface area contributed by atoms with Gasteiger partial charge in [0.1, 0.15) is 12.1 Å². The molecule has 0 spiro atoms. The zero-order valence-electron chi connectivity index (χ0n) is 28.9. The predicted octanol–water partition coefficient (Wildman–Crippen LogP) is -0.839. The lowest BCUT2D eigenvalue weighted by molar-refractivity contribution is -0.146. The topological polar surface area (TPSA) is 273 Å². The van der Waals surface area contributed by atoms with Crippen molar-refractivity contribution in [3.8, 4) is 0 Å². The summed E-state index contributed by atoms with van der Waals surface area (Å²) >= 11 is 0. The molecule has 49 heavy (non-hydrogen) atoms. The fraction of sp³-hybridized carbons (Fsp3) is 0.606. The van der Waals surface area contributed by atoms with Crippen LogP contribution in [0.5, 0.6) is 0 Å². The normalized spacial score (nSPS) is 13.9. The second-order valence-electron chi connectivity index (χ2n) is 12.0. The van der Waals surface area contributed by atoms with Crippen LogP contribution in [0.4, 0.5) is 0 Å². The molecule has 0 aliphatic heterocycles. The number of Topliss-reactive ketones (excluding diaryl/α,β-unsaturated/α-hetero) is 1. The van der Waals surface area contributed by atoms with Gasteiger partial charge in [0.25, 0.3) is 0 Å². The van der Waals surface area contributed by atoms with Crippen LogP contribution in [-0.4, -0.2) is 92.9 Å². The Morgan fingerprint density at radius 3 is 1.98 bits per heavy atom. The Hall–Kier alpha value is -4.57. The largest absolute Gasteiger partial charge is 0.469 e. The molecule has 0 bridgehead atoms. The summed E-state index contributed by atoms with van der Waals surface area (Å²) in [5.41, 5.74) is 23.1. The highest BCUT2D eigenvalue weighted by molar-refractivity contribution is 5.97. The smallest absolute Gasteiger partial charge is 0.328 e. The second kappa shape index (κ2) is 22.9. The summed E-state index contributed by atoms with van der Waals surface area (Å²) in [6, 6.07) is 4.58. The number of ketones is 1. The molecule has 0 fully saturated rings. The van der Waals surface area contributed by atoms with E-state index in [1.807, 2.05) is 6.07 Å². The van der Waals surface area contributed by atoms with E-state index in [9.17, 15) is 28.8 Å². The van der Waals surface area contributed by atoms with Gasteiger partial charge in [-0.3, -0.25) is 29.0 Å². The van der Waals surface area contributed by atoms with Crippen LogP contribution in [0.2, 0.25) is 0 Å². The number of nitrogens with one attached hydrogen (secondary N) is 3. The number of nitrogens with two attached hydrogens (primary N) is 4. The van der Waals surface area contributed by atoms with E-state index in [-0.39, 0.29) is 44.1 Å². The first kappa shape index (κ1) is 42.5. The quantitative estimate of drug-likeness (QED) is 0.0321. The first-order chi connectivity index (χ1) is 23.2. The van der Waals surface area contributed by atoms with E-state index in [0.29, 0.717) is 25.8 Å². The molecule has 0 aliphatic carbocycles. The monoisotopic (exact) mass is 690 g/mol. The van der Waals surface area contributed by atoms with Crippen molar-refractivity contribution in [2.24, 2.45) is 39.8 Å². The van der Waals surface area contributed by atoms with Gasteiger partial charge < -0.3 is 48.4 Å². The maximum absolute atomic E-state index is 13.7. The van der Waals surface area contributed by atoms with Crippen molar-refractivity contribution in [2.75, 3.05) is 27.3 Å².